The van der Waals surface area contributed by atoms with Crippen LogP contribution in [-0.2, 0) is 19.5 Å². The zero-order valence-electron chi connectivity index (χ0n) is 22.6. The van der Waals surface area contributed by atoms with Gasteiger partial charge in [-0.05, 0) is 91.7 Å². The zero-order chi connectivity index (χ0) is 25.8. The van der Waals surface area contributed by atoms with E-state index in [0.717, 1.165) is 49.8 Å². The third kappa shape index (κ3) is 6.38. The zero-order valence-corrected chi connectivity index (χ0v) is 23.3. The van der Waals surface area contributed by atoms with Crippen molar-refractivity contribution in [3.05, 3.63) is 64.8 Å². The van der Waals surface area contributed by atoms with Gasteiger partial charge in [-0.2, -0.15) is 0 Å². The van der Waals surface area contributed by atoms with E-state index < -0.39 is 0 Å². The third-order valence-electron chi connectivity index (χ3n) is 8.25. The molecule has 0 N–H and O–H groups in total. The predicted octanol–water partition coefficient (Wildman–Crippen LogP) is 6.38. The lowest BCUT2D eigenvalue weighted by molar-refractivity contribution is 0.155. The van der Waals surface area contributed by atoms with Crippen LogP contribution in [0.3, 0.4) is 0 Å². The molecule has 1 fully saturated rings. The Hall–Kier alpha value is -2.37. The second kappa shape index (κ2) is 12.0. The molecule has 3 aliphatic rings. The van der Waals surface area contributed by atoms with Crippen LogP contribution < -0.4 is 14.4 Å². The summed E-state index contributed by atoms with van der Waals surface area (Å²) in [5.74, 6) is 2.85. The Kier molecular flexibility index (Phi) is 8.51. The second-order valence-electron chi connectivity index (χ2n) is 11.2. The summed E-state index contributed by atoms with van der Waals surface area (Å²) in [4.78, 5) is 7.37. The number of benzene rings is 2. The molecule has 0 amide bonds. The van der Waals surface area contributed by atoms with Crippen LogP contribution in [0.5, 0.6) is 11.5 Å². The Morgan fingerprint density at radius 1 is 1.16 bits per heavy atom. The summed E-state index contributed by atoms with van der Waals surface area (Å²) in [6.07, 6.45) is 7.89. The van der Waals surface area contributed by atoms with Crippen molar-refractivity contribution in [3.63, 3.8) is 0 Å². The molecule has 0 bridgehead atoms. The Bertz CT molecular complexity index is 1080. The van der Waals surface area contributed by atoms with Gasteiger partial charge in [-0.1, -0.05) is 37.2 Å². The average molecular weight is 524 g/mol. The van der Waals surface area contributed by atoms with Gasteiger partial charge in [-0.25, -0.2) is 0 Å². The highest BCUT2D eigenvalue weighted by Gasteiger charge is 2.24. The first kappa shape index (κ1) is 26.2. The first-order valence-corrected chi connectivity index (χ1v) is 14.4. The van der Waals surface area contributed by atoms with Crippen LogP contribution in [0.2, 0.25) is 5.02 Å². The molecule has 0 aromatic heterocycles. The molecule has 5 nitrogen and oxygen atoms in total. The van der Waals surface area contributed by atoms with Gasteiger partial charge in [0.05, 0.1) is 18.2 Å². The maximum Gasteiger partial charge on any atom is 0.179 e. The van der Waals surface area contributed by atoms with Gasteiger partial charge in [0.25, 0.3) is 0 Å². The van der Waals surface area contributed by atoms with E-state index in [1.165, 1.54) is 50.0 Å². The molecule has 1 unspecified atom stereocenters. The highest BCUT2D eigenvalue weighted by Crippen LogP contribution is 2.38. The minimum absolute atomic E-state index is 0.610. The lowest BCUT2D eigenvalue weighted by atomic mass is 9.87. The number of piperidine rings is 1. The number of anilines is 1. The van der Waals surface area contributed by atoms with E-state index in [1.807, 2.05) is 12.3 Å². The van der Waals surface area contributed by atoms with Crippen molar-refractivity contribution in [2.24, 2.45) is 11.8 Å². The van der Waals surface area contributed by atoms with Crippen LogP contribution in [0.25, 0.3) is 0 Å². The molecular weight excluding hydrogens is 482 g/mol. The summed E-state index contributed by atoms with van der Waals surface area (Å²) < 4.78 is 11.7. The molecule has 0 aliphatic carbocycles. The Morgan fingerprint density at radius 3 is 2.78 bits per heavy atom. The molecule has 5 rings (SSSR count). The molecule has 3 aliphatic heterocycles. The van der Waals surface area contributed by atoms with Crippen molar-refractivity contribution in [2.45, 2.75) is 52.1 Å². The van der Waals surface area contributed by atoms with Crippen molar-refractivity contribution >= 4 is 17.3 Å². The smallest absolute Gasteiger partial charge is 0.179 e. The van der Waals surface area contributed by atoms with Gasteiger partial charge in [0.1, 0.15) is 0 Å². The summed E-state index contributed by atoms with van der Waals surface area (Å²) in [7, 11) is 2.21. The SMILES string of the molecule is C=CN(Cc1cc(Cl)c2c(c1)OCCCO2)CC(C)CC1CCN(Cc2cccc3c2CCN3C)CC1. The molecule has 6 heteroatoms. The largest absolute Gasteiger partial charge is 0.489 e. The van der Waals surface area contributed by atoms with E-state index in [0.29, 0.717) is 29.9 Å². The topological polar surface area (TPSA) is 28.2 Å². The van der Waals surface area contributed by atoms with Crippen molar-refractivity contribution in [1.29, 1.82) is 0 Å². The fraction of sp³-hybridized carbons (Fsp3) is 0.548. The number of ether oxygens (including phenoxy) is 2. The number of fused-ring (bicyclic) bond motifs is 2. The Balaban J connectivity index is 1.10. The highest BCUT2D eigenvalue weighted by molar-refractivity contribution is 6.32. The number of likely N-dealkylation sites (tertiary alicyclic amines) is 1. The molecule has 0 spiro atoms. The third-order valence-corrected chi connectivity index (χ3v) is 8.53. The summed E-state index contributed by atoms with van der Waals surface area (Å²) in [6, 6.07) is 10.9. The first-order valence-electron chi connectivity index (χ1n) is 14.0. The molecule has 3 heterocycles. The maximum absolute atomic E-state index is 6.52. The van der Waals surface area contributed by atoms with Crippen LogP contribution >= 0.6 is 11.6 Å². The highest BCUT2D eigenvalue weighted by atomic mass is 35.5. The summed E-state index contributed by atoms with van der Waals surface area (Å²) in [6.45, 7) is 14.2. The monoisotopic (exact) mass is 523 g/mol. The number of hydrogen-bond acceptors (Lipinski definition) is 5. The predicted molar refractivity (Wildman–Crippen MR) is 153 cm³/mol. The summed E-state index contributed by atoms with van der Waals surface area (Å²) in [5.41, 5.74) is 5.67. The van der Waals surface area contributed by atoms with E-state index in [4.69, 9.17) is 21.1 Å². The first-order chi connectivity index (χ1) is 18.0. The van der Waals surface area contributed by atoms with Crippen LogP contribution in [0, 0.1) is 11.8 Å². The standard InChI is InChI=1S/C31H42ClN3O2/c1-4-34(21-25-18-28(32)31-30(19-25)36-15-6-16-37-31)20-23(2)17-24-9-13-35(14-10-24)22-26-7-5-8-29-27(26)11-12-33(29)3/h4-5,7-8,18-19,23-24H,1,6,9-17,20-22H2,2-3H3. The maximum atomic E-state index is 6.52. The molecule has 2 aromatic rings. The molecule has 1 atom stereocenters. The van der Waals surface area contributed by atoms with E-state index in [2.05, 4.69) is 59.5 Å². The Labute approximate surface area is 228 Å². The lowest BCUT2D eigenvalue weighted by Crippen LogP contribution is -2.34. The van der Waals surface area contributed by atoms with E-state index in [-0.39, 0.29) is 0 Å². The minimum Gasteiger partial charge on any atom is -0.489 e. The fourth-order valence-electron chi connectivity index (χ4n) is 6.29. The number of nitrogens with zero attached hydrogens (tertiary/aromatic N) is 3. The van der Waals surface area contributed by atoms with Gasteiger partial charge < -0.3 is 19.3 Å². The average Bonchev–Trinajstić information content (AvgIpc) is 3.11. The van der Waals surface area contributed by atoms with E-state index in [1.54, 1.807) is 5.56 Å². The fourth-order valence-corrected chi connectivity index (χ4v) is 6.58. The minimum atomic E-state index is 0.610. The van der Waals surface area contributed by atoms with Crippen molar-refractivity contribution in [1.82, 2.24) is 9.80 Å². The molecule has 0 radical (unpaired) electrons. The quantitative estimate of drug-likeness (QED) is 0.380. The number of likely N-dealkylation sites (N-methyl/N-ethyl adjacent to an activating group) is 1. The second-order valence-corrected chi connectivity index (χ2v) is 11.6. The molecule has 37 heavy (non-hydrogen) atoms. The van der Waals surface area contributed by atoms with E-state index in [9.17, 15) is 0 Å². The van der Waals surface area contributed by atoms with Crippen LogP contribution in [0.4, 0.5) is 5.69 Å². The normalized spacial score (nSPS) is 18.8. The molecule has 2 aromatic carbocycles. The van der Waals surface area contributed by atoms with Crippen molar-refractivity contribution in [3.8, 4) is 11.5 Å². The van der Waals surface area contributed by atoms with Crippen molar-refractivity contribution in [2.75, 3.05) is 51.3 Å². The number of rotatable bonds is 9. The van der Waals surface area contributed by atoms with Crippen LogP contribution in [0.15, 0.2) is 43.1 Å². The summed E-state index contributed by atoms with van der Waals surface area (Å²) >= 11 is 6.52. The van der Waals surface area contributed by atoms with Crippen LogP contribution in [0.1, 0.15) is 49.3 Å². The molecule has 0 saturated carbocycles. The van der Waals surface area contributed by atoms with Gasteiger partial charge in [0.15, 0.2) is 11.5 Å². The van der Waals surface area contributed by atoms with Gasteiger partial charge >= 0.3 is 0 Å². The Morgan fingerprint density at radius 2 is 1.97 bits per heavy atom. The lowest BCUT2D eigenvalue weighted by Gasteiger charge is -2.34. The molecule has 1 saturated heterocycles. The summed E-state index contributed by atoms with van der Waals surface area (Å²) in [5, 5.41) is 0.630. The van der Waals surface area contributed by atoms with Gasteiger partial charge in [0, 0.05) is 45.3 Å². The van der Waals surface area contributed by atoms with Gasteiger partial charge in [-0.3, -0.25) is 4.90 Å². The van der Waals surface area contributed by atoms with Crippen LogP contribution in [-0.4, -0.2) is 56.2 Å². The molecular formula is C31H42ClN3O2. The number of hydrogen-bond donors (Lipinski definition) is 0. The van der Waals surface area contributed by atoms with Gasteiger partial charge in [0.2, 0.25) is 0 Å². The molecule has 200 valence electrons. The van der Waals surface area contributed by atoms with Crippen molar-refractivity contribution < 1.29 is 9.47 Å². The van der Waals surface area contributed by atoms with Gasteiger partial charge in [-0.15, -0.1) is 0 Å². The van der Waals surface area contributed by atoms with E-state index >= 15 is 0 Å². The number of halogens is 1.